The number of likely N-dealkylation sites (tertiary alicyclic amines) is 1. The summed E-state index contributed by atoms with van der Waals surface area (Å²) in [5.74, 6) is 0.398. The maximum absolute atomic E-state index is 12.3. The number of piperidine rings is 1. The van der Waals surface area contributed by atoms with Crippen molar-refractivity contribution in [2.45, 2.75) is 39.2 Å². The minimum absolute atomic E-state index is 0.169. The van der Waals surface area contributed by atoms with Crippen molar-refractivity contribution >= 4 is 11.9 Å². The SMILES string of the molecule is CC(C)COc1cccc(OCC(=O)N2CCCC[C@@H]2C(=O)O)c1. The second-order valence-corrected chi connectivity index (χ2v) is 6.41. The molecule has 0 bridgehead atoms. The lowest BCUT2D eigenvalue weighted by molar-refractivity contribution is -0.152. The zero-order chi connectivity index (χ0) is 17.5. The van der Waals surface area contributed by atoms with Gasteiger partial charge in [-0.1, -0.05) is 19.9 Å². The molecule has 6 nitrogen and oxygen atoms in total. The topological polar surface area (TPSA) is 76.1 Å². The first-order valence-electron chi connectivity index (χ1n) is 8.35. The Kier molecular flexibility index (Phi) is 6.46. The van der Waals surface area contributed by atoms with Gasteiger partial charge in [-0.05, 0) is 37.3 Å². The van der Waals surface area contributed by atoms with E-state index in [4.69, 9.17) is 9.47 Å². The van der Waals surface area contributed by atoms with Crippen LogP contribution in [0.3, 0.4) is 0 Å². The average Bonchev–Trinajstić information content (AvgIpc) is 2.58. The van der Waals surface area contributed by atoms with Gasteiger partial charge in [-0.25, -0.2) is 4.79 Å². The van der Waals surface area contributed by atoms with Crippen LogP contribution in [0.1, 0.15) is 33.1 Å². The largest absolute Gasteiger partial charge is 0.493 e. The first-order chi connectivity index (χ1) is 11.5. The first-order valence-corrected chi connectivity index (χ1v) is 8.35. The van der Waals surface area contributed by atoms with Gasteiger partial charge in [0.05, 0.1) is 6.61 Å². The van der Waals surface area contributed by atoms with E-state index < -0.39 is 12.0 Å². The van der Waals surface area contributed by atoms with Crippen molar-refractivity contribution in [1.82, 2.24) is 4.90 Å². The molecule has 0 unspecified atom stereocenters. The molecule has 1 heterocycles. The Hall–Kier alpha value is -2.24. The fraction of sp³-hybridized carbons (Fsp3) is 0.556. The van der Waals surface area contributed by atoms with Crippen LogP contribution in [0.25, 0.3) is 0 Å². The Labute approximate surface area is 142 Å². The molecule has 132 valence electrons. The van der Waals surface area contributed by atoms with Crippen LogP contribution >= 0.6 is 0 Å². The van der Waals surface area contributed by atoms with Crippen LogP contribution in [0.15, 0.2) is 24.3 Å². The summed E-state index contributed by atoms with van der Waals surface area (Å²) in [7, 11) is 0. The molecular weight excluding hydrogens is 310 g/mol. The molecule has 0 spiro atoms. The summed E-state index contributed by atoms with van der Waals surface area (Å²) >= 11 is 0. The van der Waals surface area contributed by atoms with E-state index in [1.54, 1.807) is 18.2 Å². The predicted molar refractivity (Wildman–Crippen MR) is 89.3 cm³/mol. The van der Waals surface area contributed by atoms with Gasteiger partial charge in [0, 0.05) is 12.6 Å². The number of benzene rings is 1. The maximum atomic E-state index is 12.3. The zero-order valence-electron chi connectivity index (χ0n) is 14.2. The van der Waals surface area contributed by atoms with Crippen LogP contribution < -0.4 is 9.47 Å². The van der Waals surface area contributed by atoms with Crippen molar-refractivity contribution in [3.63, 3.8) is 0 Å². The van der Waals surface area contributed by atoms with Gasteiger partial charge in [0.25, 0.3) is 5.91 Å². The molecule has 0 aromatic heterocycles. The fourth-order valence-corrected chi connectivity index (χ4v) is 2.63. The van der Waals surface area contributed by atoms with Crippen LogP contribution in [0.2, 0.25) is 0 Å². The van der Waals surface area contributed by atoms with E-state index >= 15 is 0 Å². The highest BCUT2D eigenvalue weighted by Gasteiger charge is 2.31. The number of carboxylic acids is 1. The van der Waals surface area contributed by atoms with E-state index in [0.29, 0.717) is 37.0 Å². The van der Waals surface area contributed by atoms with Gasteiger partial charge < -0.3 is 19.5 Å². The average molecular weight is 335 g/mol. The molecule has 1 aromatic rings. The fourth-order valence-electron chi connectivity index (χ4n) is 2.63. The molecule has 0 aliphatic carbocycles. The summed E-state index contributed by atoms with van der Waals surface area (Å²) < 4.78 is 11.2. The number of carboxylic acid groups (broad SMARTS) is 1. The molecule has 0 saturated carbocycles. The quantitative estimate of drug-likeness (QED) is 0.829. The number of ether oxygens (including phenoxy) is 2. The predicted octanol–water partition coefficient (Wildman–Crippen LogP) is 2.57. The molecule has 0 radical (unpaired) electrons. The standard InChI is InChI=1S/C18H25NO5/c1-13(2)11-23-14-6-5-7-15(10-14)24-12-17(20)19-9-4-3-8-16(19)18(21)22/h5-7,10,13,16H,3-4,8-9,11-12H2,1-2H3,(H,21,22)/t16-/m1/s1. The lowest BCUT2D eigenvalue weighted by Gasteiger charge is -2.32. The van der Waals surface area contributed by atoms with Crippen molar-refractivity contribution in [1.29, 1.82) is 0 Å². The van der Waals surface area contributed by atoms with E-state index in [-0.39, 0.29) is 12.5 Å². The highest BCUT2D eigenvalue weighted by Crippen LogP contribution is 2.21. The van der Waals surface area contributed by atoms with Crippen LogP contribution in [-0.4, -0.2) is 47.7 Å². The van der Waals surface area contributed by atoms with Gasteiger partial charge in [-0.15, -0.1) is 0 Å². The Morgan fingerprint density at radius 3 is 2.62 bits per heavy atom. The number of rotatable bonds is 7. The van der Waals surface area contributed by atoms with Gasteiger partial charge in [0.1, 0.15) is 17.5 Å². The summed E-state index contributed by atoms with van der Waals surface area (Å²) in [6.45, 7) is 5.04. The van der Waals surface area contributed by atoms with Crippen LogP contribution in [0.4, 0.5) is 0 Å². The molecule has 1 aliphatic heterocycles. The van der Waals surface area contributed by atoms with Crippen LogP contribution in [0, 0.1) is 5.92 Å². The zero-order valence-corrected chi connectivity index (χ0v) is 14.2. The summed E-state index contributed by atoms with van der Waals surface area (Å²) in [4.78, 5) is 25.0. The van der Waals surface area contributed by atoms with Gasteiger partial charge in [0.2, 0.25) is 0 Å². The van der Waals surface area contributed by atoms with Gasteiger partial charge in [-0.3, -0.25) is 4.79 Å². The van der Waals surface area contributed by atoms with Crippen molar-refractivity contribution < 1.29 is 24.2 Å². The van der Waals surface area contributed by atoms with E-state index in [2.05, 4.69) is 13.8 Å². The summed E-state index contributed by atoms with van der Waals surface area (Å²) in [5, 5.41) is 9.23. The molecular formula is C18H25NO5. The van der Waals surface area contributed by atoms with E-state index in [0.717, 1.165) is 12.8 Å². The molecule has 1 aliphatic rings. The number of carbonyl (C=O) groups excluding carboxylic acids is 1. The minimum atomic E-state index is -0.952. The molecule has 2 rings (SSSR count). The number of aliphatic carboxylic acids is 1. The van der Waals surface area contributed by atoms with Crippen molar-refractivity contribution in [3.8, 4) is 11.5 Å². The number of carbonyl (C=O) groups is 2. The van der Waals surface area contributed by atoms with Gasteiger partial charge in [-0.2, -0.15) is 0 Å². The lowest BCUT2D eigenvalue weighted by Crippen LogP contribution is -2.49. The minimum Gasteiger partial charge on any atom is -0.493 e. The summed E-state index contributed by atoms with van der Waals surface area (Å²) in [5.41, 5.74) is 0. The van der Waals surface area contributed by atoms with E-state index in [1.807, 2.05) is 6.07 Å². The van der Waals surface area contributed by atoms with Gasteiger partial charge in [0.15, 0.2) is 6.61 Å². The molecule has 1 saturated heterocycles. The van der Waals surface area contributed by atoms with E-state index in [9.17, 15) is 14.7 Å². The third-order valence-corrected chi connectivity index (χ3v) is 3.86. The molecule has 1 fully saturated rings. The van der Waals surface area contributed by atoms with Crippen LogP contribution in [0.5, 0.6) is 11.5 Å². The number of hydrogen-bond acceptors (Lipinski definition) is 4. The third-order valence-electron chi connectivity index (χ3n) is 3.86. The summed E-state index contributed by atoms with van der Waals surface area (Å²) in [6, 6.07) is 6.38. The van der Waals surface area contributed by atoms with Gasteiger partial charge >= 0.3 is 5.97 Å². The Balaban J connectivity index is 1.91. The molecule has 1 atom stereocenters. The Bertz CT molecular complexity index is 572. The van der Waals surface area contributed by atoms with Crippen molar-refractivity contribution in [2.75, 3.05) is 19.8 Å². The highest BCUT2D eigenvalue weighted by molar-refractivity contribution is 5.84. The molecule has 1 aromatic carbocycles. The molecule has 1 amide bonds. The van der Waals surface area contributed by atoms with Crippen LogP contribution in [-0.2, 0) is 9.59 Å². The second kappa shape index (κ2) is 8.57. The highest BCUT2D eigenvalue weighted by atomic mass is 16.5. The van der Waals surface area contributed by atoms with E-state index in [1.165, 1.54) is 4.90 Å². The Morgan fingerprint density at radius 1 is 1.25 bits per heavy atom. The maximum Gasteiger partial charge on any atom is 0.326 e. The third kappa shape index (κ3) is 5.15. The van der Waals surface area contributed by atoms with Crippen molar-refractivity contribution in [2.24, 2.45) is 5.92 Å². The monoisotopic (exact) mass is 335 g/mol. The number of nitrogens with zero attached hydrogens (tertiary/aromatic N) is 1. The first kappa shape index (κ1) is 18.1. The molecule has 1 N–H and O–H groups in total. The second-order valence-electron chi connectivity index (χ2n) is 6.41. The smallest absolute Gasteiger partial charge is 0.326 e. The van der Waals surface area contributed by atoms with Crippen molar-refractivity contribution in [3.05, 3.63) is 24.3 Å². The summed E-state index contributed by atoms with van der Waals surface area (Å²) in [6.07, 6.45) is 2.16. The lowest BCUT2D eigenvalue weighted by atomic mass is 10.0. The Morgan fingerprint density at radius 2 is 1.96 bits per heavy atom. The number of amides is 1. The number of hydrogen-bond donors (Lipinski definition) is 1. The molecule has 24 heavy (non-hydrogen) atoms. The molecule has 6 heteroatoms. The normalized spacial score (nSPS) is 17.6.